The van der Waals surface area contributed by atoms with Gasteiger partial charge in [0.15, 0.2) is 0 Å². The predicted molar refractivity (Wildman–Crippen MR) is 109 cm³/mol. The van der Waals surface area contributed by atoms with Gasteiger partial charge >= 0.3 is 0 Å². The predicted octanol–water partition coefficient (Wildman–Crippen LogP) is 6.75. The van der Waals surface area contributed by atoms with Gasteiger partial charge in [-0.2, -0.15) is 0 Å². The van der Waals surface area contributed by atoms with Crippen molar-refractivity contribution in [3.05, 3.63) is 0 Å². The van der Waals surface area contributed by atoms with E-state index in [1.165, 1.54) is 51.4 Å². The Hall–Kier alpha value is -0.0800. The standard InChI is InChI=1S/C23H46O2/c1-22(2,3)23(4,5)17-11-9-7-6-8-10-12-18-25-21-15-13-20(19-24)14-16-21/h20-21,24H,6-19H2,1-5H3. The maximum absolute atomic E-state index is 9.16. The monoisotopic (exact) mass is 354 g/mol. The van der Waals surface area contributed by atoms with Crippen LogP contribution in [0.3, 0.4) is 0 Å². The van der Waals surface area contributed by atoms with E-state index in [2.05, 4.69) is 34.6 Å². The molecule has 1 fully saturated rings. The normalized spacial score (nSPS) is 22.3. The minimum atomic E-state index is 0.362. The quantitative estimate of drug-likeness (QED) is 0.393. The molecule has 1 aliphatic rings. The van der Waals surface area contributed by atoms with Crippen LogP contribution in [0.1, 0.15) is 112 Å². The lowest BCUT2D eigenvalue weighted by molar-refractivity contribution is 0.00963. The van der Waals surface area contributed by atoms with Crippen LogP contribution in [-0.2, 0) is 4.74 Å². The first kappa shape index (κ1) is 23.0. The van der Waals surface area contributed by atoms with E-state index in [1.807, 2.05) is 0 Å². The van der Waals surface area contributed by atoms with Crippen LogP contribution in [0.25, 0.3) is 0 Å². The summed E-state index contributed by atoms with van der Waals surface area (Å²) in [5.41, 5.74) is 0.852. The Balaban J connectivity index is 1.88. The molecule has 1 saturated carbocycles. The number of hydrogen-bond acceptors (Lipinski definition) is 2. The van der Waals surface area contributed by atoms with E-state index in [9.17, 15) is 0 Å². The summed E-state index contributed by atoms with van der Waals surface area (Å²) >= 11 is 0. The highest BCUT2D eigenvalue weighted by Crippen LogP contribution is 2.41. The van der Waals surface area contributed by atoms with Crippen molar-refractivity contribution in [2.45, 2.75) is 118 Å². The van der Waals surface area contributed by atoms with Gasteiger partial charge in [0.1, 0.15) is 0 Å². The third-order valence-electron chi connectivity index (χ3n) is 6.88. The maximum Gasteiger partial charge on any atom is 0.0575 e. The summed E-state index contributed by atoms with van der Waals surface area (Å²) in [6, 6.07) is 0. The minimum absolute atomic E-state index is 0.362. The van der Waals surface area contributed by atoms with E-state index >= 15 is 0 Å². The van der Waals surface area contributed by atoms with E-state index in [0.29, 0.717) is 29.5 Å². The fourth-order valence-corrected chi connectivity index (χ4v) is 3.66. The number of aliphatic hydroxyl groups excluding tert-OH is 1. The first-order valence-electron chi connectivity index (χ1n) is 11.0. The molecule has 2 heteroatoms. The van der Waals surface area contributed by atoms with Crippen LogP contribution >= 0.6 is 0 Å². The highest BCUT2D eigenvalue weighted by Gasteiger charge is 2.31. The van der Waals surface area contributed by atoms with E-state index in [-0.39, 0.29) is 0 Å². The molecular weight excluding hydrogens is 308 g/mol. The van der Waals surface area contributed by atoms with Crippen molar-refractivity contribution in [3.8, 4) is 0 Å². The summed E-state index contributed by atoms with van der Waals surface area (Å²) in [6.45, 7) is 13.2. The van der Waals surface area contributed by atoms with Crippen molar-refractivity contribution in [2.75, 3.05) is 13.2 Å². The van der Waals surface area contributed by atoms with Gasteiger partial charge in [-0.05, 0) is 55.3 Å². The Morgan fingerprint density at radius 2 is 1.28 bits per heavy atom. The van der Waals surface area contributed by atoms with E-state index < -0.39 is 0 Å². The zero-order valence-electron chi connectivity index (χ0n) is 17.9. The smallest absolute Gasteiger partial charge is 0.0575 e. The molecule has 25 heavy (non-hydrogen) atoms. The number of rotatable bonds is 12. The molecule has 0 aromatic rings. The molecule has 1 rings (SSSR count). The van der Waals surface area contributed by atoms with E-state index in [1.54, 1.807) is 0 Å². The molecule has 0 amide bonds. The van der Waals surface area contributed by atoms with E-state index in [0.717, 1.165) is 32.3 Å². The molecule has 0 radical (unpaired) electrons. The molecule has 0 bridgehead atoms. The molecule has 2 nitrogen and oxygen atoms in total. The molecule has 1 N–H and O–H groups in total. The zero-order valence-corrected chi connectivity index (χ0v) is 17.9. The Labute approximate surface area is 158 Å². The highest BCUT2D eigenvalue weighted by molar-refractivity contribution is 4.82. The van der Waals surface area contributed by atoms with Gasteiger partial charge in [-0.15, -0.1) is 0 Å². The Morgan fingerprint density at radius 3 is 1.80 bits per heavy atom. The maximum atomic E-state index is 9.16. The second-order valence-corrected chi connectivity index (χ2v) is 10.1. The Bertz CT molecular complexity index is 321. The largest absolute Gasteiger partial charge is 0.396 e. The van der Waals surface area contributed by atoms with Crippen molar-refractivity contribution in [1.82, 2.24) is 0 Å². The Morgan fingerprint density at radius 1 is 0.760 bits per heavy atom. The van der Waals surface area contributed by atoms with Gasteiger partial charge in [0, 0.05) is 13.2 Å². The minimum Gasteiger partial charge on any atom is -0.396 e. The van der Waals surface area contributed by atoms with Gasteiger partial charge in [-0.3, -0.25) is 0 Å². The third-order valence-corrected chi connectivity index (χ3v) is 6.88. The second-order valence-electron chi connectivity index (χ2n) is 10.1. The summed E-state index contributed by atoms with van der Waals surface area (Å²) in [6.07, 6.45) is 15.9. The fraction of sp³-hybridized carbons (Fsp3) is 1.00. The zero-order chi connectivity index (χ0) is 18.8. The van der Waals surface area contributed by atoms with Crippen molar-refractivity contribution in [2.24, 2.45) is 16.7 Å². The van der Waals surface area contributed by atoms with Crippen molar-refractivity contribution in [3.63, 3.8) is 0 Å². The Kier molecular flexibility index (Phi) is 10.6. The molecule has 0 aliphatic heterocycles. The van der Waals surface area contributed by atoms with Gasteiger partial charge in [-0.1, -0.05) is 73.1 Å². The van der Waals surface area contributed by atoms with Crippen molar-refractivity contribution in [1.29, 1.82) is 0 Å². The molecule has 0 spiro atoms. The fourth-order valence-electron chi connectivity index (χ4n) is 3.66. The first-order chi connectivity index (χ1) is 11.8. The average molecular weight is 355 g/mol. The third kappa shape index (κ3) is 9.43. The summed E-state index contributed by atoms with van der Waals surface area (Å²) in [5, 5.41) is 9.16. The van der Waals surface area contributed by atoms with Gasteiger partial charge in [0.05, 0.1) is 6.10 Å². The lowest BCUT2D eigenvalue weighted by Crippen LogP contribution is -2.29. The molecule has 0 atom stereocenters. The van der Waals surface area contributed by atoms with Crippen LogP contribution in [0, 0.1) is 16.7 Å². The van der Waals surface area contributed by atoms with Gasteiger partial charge in [-0.25, -0.2) is 0 Å². The van der Waals surface area contributed by atoms with Crippen LogP contribution in [0.4, 0.5) is 0 Å². The summed E-state index contributed by atoms with van der Waals surface area (Å²) in [5.74, 6) is 0.536. The summed E-state index contributed by atoms with van der Waals surface area (Å²) in [4.78, 5) is 0. The molecule has 150 valence electrons. The van der Waals surface area contributed by atoms with E-state index in [4.69, 9.17) is 9.84 Å². The summed E-state index contributed by atoms with van der Waals surface area (Å²) < 4.78 is 6.01. The van der Waals surface area contributed by atoms with Crippen LogP contribution in [0.5, 0.6) is 0 Å². The second kappa shape index (κ2) is 11.6. The average Bonchev–Trinajstić information content (AvgIpc) is 2.56. The summed E-state index contributed by atoms with van der Waals surface area (Å²) in [7, 11) is 0. The molecule has 0 heterocycles. The lowest BCUT2D eigenvalue weighted by atomic mass is 9.67. The lowest BCUT2D eigenvalue weighted by Gasteiger charge is -2.39. The van der Waals surface area contributed by atoms with Gasteiger partial charge in [0.25, 0.3) is 0 Å². The van der Waals surface area contributed by atoms with Crippen molar-refractivity contribution < 1.29 is 9.84 Å². The van der Waals surface area contributed by atoms with Gasteiger partial charge in [0.2, 0.25) is 0 Å². The van der Waals surface area contributed by atoms with Crippen LogP contribution < -0.4 is 0 Å². The number of unbranched alkanes of at least 4 members (excludes halogenated alkanes) is 6. The first-order valence-corrected chi connectivity index (χ1v) is 11.0. The SMILES string of the molecule is CC(C)(C)C(C)(C)CCCCCCCCCOC1CCC(CO)CC1. The molecule has 0 aromatic heterocycles. The molecule has 0 unspecified atom stereocenters. The molecule has 0 saturated heterocycles. The molecular formula is C23H46O2. The molecule has 1 aliphatic carbocycles. The number of ether oxygens (including phenoxy) is 1. The van der Waals surface area contributed by atoms with Crippen LogP contribution in [0.15, 0.2) is 0 Å². The van der Waals surface area contributed by atoms with Crippen LogP contribution in [0.2, 0.25) is 0 Å². The highest BCUT2D eigenvalue weighted by atomic mass is 16.5. The molecule has 0 aromatic carbocycles. The number of hydrogen-bond donors (Lipinski definition) is 1. The number of aliphatic hydroxyl groups is 1. The topological polar surface area (TPSA) is 29.5 Å². The van der Waals surface area contributed by atoms with Crippen molar-refractivity contribution >= 4 is 0 Å². The van der Waals surface area contributed by atoms with Crippen LogP contribution in [-0.4, -0.2) is 24.4 Å². The van der Waals surface area contributed by atoms with Gasteiger partial charge < -0.3 is 9.84 Å².